The molecule has 1 aliphatic carbocycles. The highest BCUT2D eigenvalue weighted by molar-refractivity contribution is 6.02. The lowest BCUT2D eigenvalue weighted by molar-refractivity contribution is -0.170. The molecule has 0 unspecified atom stereocenters. The maximum absolute atomic E-state index is 14.3. The molecule has 0 heterocycles. The Morgan fingerprint density at radius 3 is 2.33 bits per heavy atom. The molecule has 0 aromatic heterocycles. The van der Waals surface area contributed by atoms with Crippen molar-refractivity contribution in [3.8, 4) is 0 Å². The SMILES string of the molecule is COC(=O)[C@@H]1C(=O)C[C@](C)(O)[C@H](C(=O)OC)[C@H]1c1ccccc1F. The van der Waals surface area contributed by atoms with Gasteiger partial charge in [-0.1, -0.05) is 18.2 Å². The van der Waals surface area contributed by atoms with E-state index in [1.54, 1.807) is 0 Å². The van der Waals surface area contributed by atoms with Crippen LogP contribution in [0.5, 0.6) is 0 Å². The van der Waals surface area contributed by atoms with Gasteiger partial charge in [0.1, 0.15) is 11.7 Å². The molecule has 1 N–H and O–H groups in total. The highest BCUT2D eigenvalue weighted by Crippen LogP contribution is 2.47. The van der Waals surface area contributed by atoms with Crippen molar-refractivity contribution >= 4 is 17.7 Å². The second-order valence-corrected chi connectivity index (χ2v) is 6.05. The molecule has 2 rings (SSSR count). The smallest absolute Gasteiger partial charge is 0.316 e. The number of halogens is 1. The minimum Gasteiger partial charge on any atom is -0.469 e. The Morgan fingerprint density at radius 1 is 1.21 bits per heavy atom. The normalized spacial score (nSPS) is 29.9. The van der Waals surface area contributed by atoms with Gasteiger partial charge in [-0.2, -0.15) is 0 Å². The predicted octanol–water partition coefficient (Wildman–Crippen LogP) is 1.21. The van der Waals surface area contributed by atoms with E-state index in [0.29, 0.717) is 0 Å². The second-order valence-electron chi connectivity index (χ2n) is 6.05. The molecule has 0 spiro atoms. The number of aliphatic hydroxyl groups is 1. The van der Waals surface area contributed by atoms with Gasteiger partial charge in [0.05, 0.1) is 25.7 Å². The Morgan fingerprint density at radius 2 is 1.79 bits per heavy atom. The zero-order valence-electron chi connectivity index (χ0n) is 13.6. The van der Waals surface area contributed by atoms with Gasteiger partial charge in [-0.15, -0.1) is 0 Å². The summed E-state index contributed by atoms with van der Waals surface area (Å²) in [5, 5.41) is 10.6. The Labute approximate surface area is 138 Å². The third-order valence-corrected chi connectivity index (χ3v) is 4.44. The molecule has 7 heteroatoms. The fourth-order valence-corrected chi connectivity index (χ4v) is 3.39. The number of hydrogen-bond donors (Lipinski definition) is 1. The molecular formula is C17H19FO6. The quantitative estimate of drug-likeness (QED) is 0.658. The molecule has 4 atom stereocenters. The van der Waals surface area contributed by atoms with Crippen molar-refractivity contribution in [2.45, 2.75) is 24.9 Å². The van der Waals surface area contributed by atoms with Crippen molar-refractivity contribution in [3.05, 3.63) is 35.6 Å². The molecule has 1 aromatic rings. The van der Waals surface area contributed by atoms with Gasteiger partial charge in [-0.3, -0.25) is 14.4 Å². The van der Waals surface area contributed by atoms with Crippen LogP contribution in [0.3, 0.4) is 0 Å². The van der Waals surface area contributed by atoms with Crippen LogP contribution < -0.4 is 0 Å². The van der Waals surface area contributed by atoms with E-state index in [9.17, 15) is 23.9 Å². The summed E-state index contributed by atoms with van der Waals surface area (Å²) in [7, 11) is 2.23. The van der Waals surface area contributed by atoms with Crippen LogP contribution in [-0.4, -0.2) is 42.6 Å². The molecule has 0 radical (unpaired) electrons. The zero-order valence-corrected chi connectivity index (χ0v) is 13.6. The van der Waals surface area contributed by atoms with Gasteiger partial charge in [0.25, 0.3) is 0 Å². The summed E-state index contributed by atoms with van der Waals surface area (Å²) in [6.07, 6.45) is -0.433. The van der Waals surface area contributed by atoms with Crippen LogP contribution in [0.2, 0.25) is 0 Å². The summed E-state index contributed by atoms with van der Waals surface area (Å²) < 4.78 is 23.7. The van der Waals surface area contributed by atoms with E-state index in [1.807, 2.05) is 0 Å². The minimum atomic E-state index is -1.78. The number of rotatable bonds is 3. The summed E-state index contributed by atoms with van der Waals surface area (Å²) in [5.41, 5.74) is -1.79. The molecule has 1 aromatic carbocycles. The Balaban J connectivity index is 2.68. The van der Waals surface area contributed by atoms with Crippen molar-refractivity contribution in [2.75, 3.05) is 14.2 Å². The molecule has 0 amide bonds. The van der Waals surface area contributed by atoms with Gasteiger partial charge in [-0.05, 0) is 18.6 Å². The van der Waals surface area contributed by atoms with E-state index in [-0.39, 0.29) is 5.56 Å². The number of Topliss-reactive ketones (excluding diaryl/α,β-unsaturated/α-hetero) is 1. The number of ether oxygens (including phenoxy) is 2. The van der Waals surface area contributed by atoms with Crippen LogP contribution in [0.15, 0.2) is 24.3 Å². The number of methoxy groups -OCH3 is 2. The average molecular weight is 338 g/mol. The Bertz CT molecular complexity index is 669. The molecule has 6 nitrogen and oxygen atoms in total. The first kappa shape index (κ1) is 18.1. The van der Waals surface area contributed by atoms with E-state index in [1.165, 1.54) is 25.1 Å². The molecule has 130 valence electrons. The molecule has 1 fully saturated rings. The summed E-state index contributed by atoms with van der Waals surface area (Å²) >= 11 is 0. The van der Waals surface area contributed by atoms with E-state index in [2.05, 4.69) is 4.74 Å². The van der Waals surface area contributed by atoms with Crippen molar-refractivity contribution in [1.29, 1.82) is 0 Å². The lowest BCUT2D eigenvalue weighted by atomic mass is 9.61. The number of hydrogen-bond acceptors (Lipinski definition) is 6. The first-order valence-electron chi connectivity index (χ1n) is 7.39. The summed E-state index contributed by atoms with van der Waals surface area (Å²) in [6.45, 7) is 1.30. The van der Waals surface area contributed by atoms with Gasteiger partial charge in [0.15, 0.2) is 5.78 Å². The lowest BCUT2D eigenvalue weighted by Crippen LogP contribution is -2.55. The Kier molecular flexibility index (Phi) is 5.03. The number of ketones is 1. The van der Waals surface area contributed by atoms with Crippen LogP contribution in [0, 0.1) is 17.7 Å². The second kappa shape index (κ2) is 6.68. The van der Waals surface area contributed by atoms with Crippen LogP contribution in [0.1, 0.15) is 24.8 Å². The van der Waals surface area contributed by atoms with E-state index < -0.39 is 53.3 Å². The van der Waals surface area contributed by atoms with Crippen LogP contribution >= 0.6 is 0 Å². The first-order chi connectivity index (χ1) is 11.2. The predicted molar refractivity (Wildman–Crippen MR) is 80.4 cm³/mol. The molecule has 1 aliphatic rings. The molecule has 0 saturated heterocycles. The fraction of sp³-hybridized carbons (Fsp3) is 0.471. The van der Waals surface area contributed by atoms with Crippen LogP contribution in [0.4, 0.5) is 4.39 Å². The standard InChI is InChI=1S/C17H19FO6/c1-17(22)8-11(19)13(15(20)23-2)12(14(17)16(21)24-3)9-6-4-5-7-10(9)18/h4-7,12-14,22H,8H2,1-3H3/t12-,13+,14-,17-/m0/s1. The van der Waals surface area contributed by atoms with Crippen molar-refractivity contribution in [3.63, 3.8) is 0 Å². The molecule has 0 bridgehead atoms. The molecule has 24 heavy (non-hydrogen) atoms. The van der Waals surface area contributed by atoms with Gasteiger partial charge < -0.3 is 14.6 Å². The third kappa shape index (κ3) is 3.03. The van der Waals surface area contributed by atoms with E-state index in [0.717, 1.165) is 20.3 Å². The van der Waals surface area contributed by atoms with Crippen molar-refractivity contribution in [2.24, 2.45) is 11.8 Å². The van der Waals surface area contributed by atoms with Crippen LogP contribution in [-0.2, 0) is 23.9 Å². The summed E-state index contributed by atoms with van der Waals surface area (Å²) in [4.78, 5) is 36.8. The highest BCUT2D eigenvalue weighted by atomic mass is 19.1. The average Bonchev–Trinajstić information content (AvgIpc) is 2.52. The number of benzene rings is 1. The third-order valence-electron chi connectivity index (χ3n) is 4.44. The van der Waals surface area contributed by atoms with E-state index >= 15 is 0 Å². The van der Waals surface area contributed by atoms with Gasteiger partial charge in [-0.25, -0.2) is 4.39 Å². The summed E-state index contributed by atoms with van der Waals surface area (Å²) in [5.74, 6) is -6.90. The highest BCUT2D eigenvalue weighted by Gasteiger charge is 2.57. The van der Waals surface area contributed by atoms with Crippen LogP contribution in [0.25, 0.3) is 0 Å². The minimum absolute atomic E-state index is 0.0170. The topological polar surface area (TPSA) is 89.9 Å². The van der Waals surface area contributed by atoms with E-state index in [4.69, 9.17) is 4.74 Å². The number of esters is 2. The maximum atomic E-state index is 14.3. The first-order valence-corrected chi connectivity index (χ1v) is 7.39. The fourth-order valence-electron chi connectivity index (χ4n) is 3.39. The number of carbonyl (C=O) groups excluding carboxylic acids is 3. The number of carbonyl (C=O) groups is 3. The van der Waals surface area contributed by atoms with Gasteiger partial charge in [0, 0.05) is 12.3 Å². The molecular weight excluding hydrogens is 319 g/mol. The Hall–Kier alpha value is -2.28. The lowest BCUT2D eigenvalue weighted by Gasteiger charge is -2.43. The van der Waals surface area contributed by atoms with Crippen molar-refractivity contribution in [1.82, 2.24) is 0 Å². The monoisotopic (exact) mass is 338 g/mol. The maximum Gasteiger partial charge on any atom is 0.316 e. The van der Waals surface area contributed by atoms with Gasteiger partial charge >= 0.3 is 11.9 Å². The molecule has 1 saturated carbocycles. The molecule has 0 aliphatic heterocycles. The van der Waals surface area contributed by atoms with Crippen molar-refractivity contribution < 1.29 is 33.4 Å². The van der Waals surface area contributed by atoms with Gasteiger partial charge in [0.2, 0.25) is 0 Å². The zero-order chi connectivity index (χ0) is 18.1. The largest absolute Gasteiger partial charge is 0.469 e. The summed E-state index contributed by atoms with van der Waals surface area (Å²) in [6, 6.07) is 5.50.